The Morgan fingerprint density at radius 3 is 2.84 bits per heavy atom. The molecule has 1 aliphatic heterocycles. The molecule has 9 heteroatoms. The number of alkyl halides is 1. The fourth-order valence-electron chi connectivity index (χ4n) is 2.68. The second-order valence-electron chi connectivity index (χ2n) is 5.71. The number of amides is 1. The van der Waals surface area contributed by atoms with E-state index in [1.165, 1.54) is 19.4 Å². The van der Waals surface area contributed by atoms with Gasteiger partial charge in [-0.15, -0.1) is 0 Å². The maximum Gasteiger partial charge on any atom is 0.358 e. The summed E-state index contributed by atoms with van der Waals surface area (Å²) >= 11 is 0. The number of rotatable bonds is 5. The molecule has 2 N–H and O–H groups in total. The quantitative estimate of drug-likeness (QED) is 0.834. The van der Waals surface area contributed by atoms with Crippen molar-refractivity contribution in [1.82, 2.24) is 15.3 Å². The summed E-state index contributed by atoms with van der Waals surface area (Å²) in [5.74, 6) is -2.11. The van der Waals surface area contributed by atoms with Crippen molar-refractivity contribution in [2.24, 2.45) is 5.92 Å². The number of methoxy groups -OCH3 is 1. The summed E-state index contributed by atoms with van der Waals surface area (Å²) in [5.41, 5.74) is 0.152. The number of hydrogen-bond donors (Lipinski definition) is 2. The molecule has 8 nitrogen and oxygen atoms in total. The fraction of sp³-hybridized carbons (Fsp3) is 0.375. The minimum Gasteiger partial charge on any atom is -0.494 e. The number of pyridine rings is 2. The molecule has 1 saturated heterocycles. The molecule has 0 spiro atoms. The number of hydrogen-bond acceptors (Lipinski definition) is 6. The Hall–Kier alpha value is -2.97. The maximum absolute atomic E-state index is 13.6. The number of carbonyl (C=O) groups is 2. The molecule has 0 bridgehead atoms. The van der Waals surface area contributed by atoms with Crippen LogP contribution in [-0.4, -0.2) is 52.9 Å². The van der Waals surface area contributed by atoms with Gasteiger partial charge in [-0.05, 0) is 12.1 Å². The van der Waals surface area contributed by atoms with Crippen LogP contribution in [-0.2, 0) is 4.79 Å². The standard InChI is InChI=1S/C16H16FN3O5/c1-7-10(20-14(21)12(7)17)6-25-15-8-5-11(24-2)13(16(22)23)19-9(8)3-4-18-15/h3-5,7,10,12H,6H2,1-2H3,(H,20,21)(H,22,23). The van der Waals surface area contributed by atoms with Crippen LogP contribution in [0.5, 0.6) is 11.6 Å². The van der Waals surface area contributed by atoms with Crippen molar-refractivity contribution >= 4 is 22.8 Å². The van der Waals surface area contributed by atoms with Gasteiger partial charge in [-0.2, -0.15) is 0 Å². The second kappa shape index (κ2) is 6.50. The monoisotopic (exact) mass is 349 g/mol. The van der Waals surface area contributed by atoms with Gasteiger partial charge in [0.05, 0.1) is 24.1 Å². The molecule has 1 aliphatic rings. The fourth-order valence-corrected chi connectivity index (χ4v) is 2.68. The Bertz CT molecular complexity index is 844. The van der Waals surface area contributed by atoms with E-state index in [-0.39, 0.29) is 23.9 Å². The molecule has 2 aromatic heterocycles. The van der Waals surface area contributed by atoms with Crippen LogP contribution in [0.15, 0.2) is 18.3 Å². The van der Waals surface area contributed by atoms with Crippen LogP contribution in [0.4, 0.5) is 4.39 Å². The zero-order valence-corrected chi connectivity index (χ0v) is 13.5. The molecule has 0 aliphatic carbocycles. The molecule has 3 rings (SSSR count). The van der Waals surface area contributed by atoms with Crippen LogP contribution in [0.3, 0.4) is 0 Å². The zero-order chi connectivity index (χ0) is 18.1. The Morgan fingerprint density at radius 2 is 2.24 bits per heavy atom. The lowest BCUT2D eigenvalue weighted by Gasteiger charge is -2.16. The van der Waals surface area contributed by atoms with Crippen LogP contribution in [0.25, 0.3) is 10.9 Å². The van der Waals surface area contributed by atoms with Crippen molar-refractivity contribution in [3.63, 3.8) is 0 Å². The Kier molecular flexibility index (Phi) is 4.39. The van der Waals surface area contributed by atoms with E-state index in [4.69, 9.17) is 9.47 Å². The molecule has 1 fully saturated rings. The molecule has 2 aromatic rings. The predicted molar refractivity (Wildman–Crippen MR) is 84.5 cm³/mol. The summed E-state index contributed by atoms with van der Waals surface area (Å²) in [6.45, 7) is 1.65. The largest absolute Gasteiger partial charge is 0.494 e. The summed E-state index contributed by atoms with van der Waals surface area (Å²) in [5, 5.41) is 12.2. The maximum atomic E-state index is 13.6. The topological polar surface area (TPSA) is 111 Å². The van der Waals surface area contributed by atoms with Crippen LogP contribution in [0.2, 0.25) is 0 Å². The highest BCUT2D eigenvalue weighted by Crippen LogP contribution is 2.29. The van der Waals surface area contributed by atoms with Crippen molar-refractivity contribution in [2.75, 3.05) is 13.7 Å². The van der Waals surface area contributed by atoms with Gasteiger partial charge in [-0.3, -0.25) is 4.79 Å². The normalized spacial score (nSPS) is 22.7. The number of aromatic carboxylic acids is 1. The second-order valence-corrected chi connectivity index (χ2v) is 5.71. The van der Waals surface area contributed by atoms with Gasteiger partial charge >= 0.3 is 5.97 Å². The molecular formula is C16H16FN3O5. The van der Waals surface area contributed by atoms with Gasteiger partial charge in [-0.25, -0.2) is 19.2 Å². The number of carboxylic acid groups (broad SMARTS) is 1. The van der Waals surface area contributed by atoms with Crippen LogP contribution >= 0.6 is 0 Å². The zero-order valence-electron chi connectivity index (χ0n) is 13.5. The Labute approximate surface area is 142 Å². The highest BCUT2D eigenvalue weighted by molar-refractivity contribution is 5.94. The van der Waals surface area contributed by atoms with Gasteiger partial charge in [0.25, 0.3) is 5.91 Å². The molecule has 3 heterocycles. The average Bonchev–Trinajstić information content (AvgIpc) is 2.85. The van der Waals surface area contributed by atoms with Crippen molar-refractivity contribution in [1.29, 1.82) is 0 Å². The van der Waals surface area contributed by atoms with Gasteiger partial charge in [0.1, 0.15) is 6.61 Å². The van der Waals surface area contributed by atoms with E-state index in [0.717, 1.165) is 0 Å². The first kappa shape index (κ1) is 16.9. The SMILES string of the molecule is COc1cc2c(OCC3NC(=O)C(F)C3C)nccc2nc1C(=O)O. The van der Waals surface area contributed by atoms with Crippen molar-refractivity contribution < 1.29 is 28.6 Å². The smallest absolute Gasteiger partial charge is 0.358 e. The van der Waals surface area contributed by atoms with Crippen molar-refractivity contribution in [3.05, 3.63) is 24.0 Å². The Morgan fingerprint density at radius 1 is 1.48 bits per heavy atom. The first-order valence-electron chi connectivity index (χ1n) is 7.56. The third kappa shape index (κ3) is 3.04. The molecule has 0 saturated carbocycles. The highest BCUT2D eigenvalue weighted by atomic mass is 19.1. The van der Waals surface area contributed by atoms with E-state index in [0.29, 0.717) is 10.9 Å². The molecule has 0 aromatic carbocycles. The lowest BCUT2D eigenvalue weighted by Crippen LogP contribution is -2.34. The van der Waals surface area contributed by atoms with E-state index in [1.54, 1.807) is 13.0 Å². The summed E-state index contributed by atoms with van der Waals surface area (Å²) < 4.78 is 24.3. The van der Waals surface area contributed by atoms with Gasteiger partial charge in [0, 0.05) is 12.1 Å². The minimum atomic E-state index is -1.56. The number of nitrogens with one attached hydrogen (secondary N) is 1. The number of aromatic nitrogens is 2. The molecule has 1 amide bonds. The first-order chi connectivity index (χ1) is 11.9. The Balaban J connectivity index is 1.89. The van der Waals surface area contributed by atoms with Crippen molar-refractivity contribution in [2.45, 2.75) is 19.1 Å². The van der Waals surface area contributed by atoms with Crippen LogP contribution in [0, 0.1) is 5.92 Å². The number of carboxylic acids is 1. The highest BCUT2D eigenvalue weighted by Gasteiger charge is 2.40. The van der Waals surface area contributed by atoms with Crippen molar-refractivity contribution in [3.8, 4) is 11.6 Å². The average molecular weight is 349 g/mol. The molecule has 3 atom stereocenters. The lowest BCUT2D eigenvalue weighted by atomic mass is 10.0. The van der Waals surface area contributed by atoms with Crippen LogP contribution < -0.4 is 14.8 Å². The van der Waals surface area contributed by atoms with E-state index in [2.05, 4.69) is 15.3 Å². The first-order valence-corrected chi connectivity index (χ1v) is 7.56. The van der Waals surface area contributed by atoms with Gasteiger partial charge in [0.15, 0.2) is 17.6 Å². The van der Waals surface area contributed by atoms with E-state index < -0.39 is 30.0 Å². The molecule has 0 radical (unpaired) electrons. The molecular weight excluding hydrogens is 333 g/mol. The number of fused-ring (bicyclic) bond motifs is 1. The molecule has 132 valence electrons. The van der Waals surface area contributed by atoms with Crippen LogP contribution in [0.1, 0.15) is 17.4 Å². The summed E-state index contributed by atoms with van der Waals surface area (Å²) in [6, 6.07) is 2.54. The predicted octanol–water partition coefficient (Wildman–Crippen LogP) is 1.19. The summed E-state index contributed by atoms with van der Waals surface area (Å²) in [7, 11) is 1.34. The summed E-state index contributed by atoms with van der Waals surface area (Å²) in [6.07, 6.45) is -0.133. The number of halogens is 1. The number of ether oxygens (including phenoxy) is 2. The van der Waals surface area contributed by atoms with Gasteiger partial charge in [-0.1, -0.05) is 6.92 Å². The van der Waals surface area contributed by atoms with Gasteiger partial charge < -0.3 is 19.9 Å². The lowest BCUT2D eigenvalue weighted by molar-refractivity contribution is -0.123. The minimum absolute atomic E-state index is 0.0302. The summed E-state index contributed by atoms with van der Waals surface area (Å²) in [4.78, 5) is 30.8. The number of carbonyl (C=O) groups excluding carboxylic acids is 1. The molecule has 25 heavy (non-hydrogen) atoms. The third-order valence-electron chi connectivity index (χ3n) is 4.17. The van der Waals surface area contributed by atoms with E-state index >= 15 is 0 Å². The molecule has 3 unspecified atom stereocenters. The van der Waals surface area contributed by atoms with Gasteiger partial charge in [0.2, 0.25) is 5.88 Å². The third-order valence-corrected chi connectivity index (χ3v) is 4.17. The number of nitrogens with zero attached hydrogens (tertiary/aromatic N) is 2. The van der Waals surface area contributed by atoms with E-state index in [1.807, 2.05) is 0 Å². The van der Waals surface area contributed by atoms with E-state index in [9.17, 15) is 19.1 Å².